The second-order valence-corrected chi connectivity index (χ2v) is 14.2. The molecule has 3 aromatic heterocycles. The van der Waals surface area contributed by atoms with Gasteiger partial charge in [0.25, 0.3) is 5.78 Å². The largest absolute Gasteiger partial charge is 0.505 e. The highest BCUT2D eigenvalue weighted by atomic mass is 35.5. The third kappa shape index (κ3) is 7.14. The highest BCUT2D eigenvalue weighted by Crippen LogP contribution is 2.46. The quantitative estimate of drug-likeness (QED) is 0.0316. The van der Waals surface area contributed by atoms with Gasteiger partial charge in [-0.1, -0.05) is 84.3 Å². The second-order valence-electron chi connectivity index (χ2n) is 11.2. The van der Waals surface area contributed by atoms with Crippen molar-refractivity contribution in [3.05, 3.63) is 98.9 Å². The summed E-state index contributed by atoms with van der Waals surface area (Å²) in [6.45, 7) is 6.62. The number of aromatic nitrogens is 4. The molecule has 10 nitrogen and oxygen atoms in total. The number of amides is 1. The maximum absolute atomic E-state index is 14.0. The Balaban J connectivity index is 1.43. The molecule has 1 N–H and O–H groups in total. The molecule has 1 aliphatic heterocycles. The molecule has 1 fully saturated rings. The molecule has 1 aliphatic rings. The van der Waals surface area contributed by atoms with Gasteiger partial charge in [0.15, 0.2) is 21.6 Å². The molecule has 4 heterocycles. The summed E-state index contributed by atoms with van der Waals surface area (Å²) in [6, 6.07) is 14.9. The van der Waals surface area contributed by atoms with Crippen molar-refractivity contribution in [3.63, 3.8) is 0 Å². The van der Waals surface area contributed by atoms with Crippen LogP contribution in [-0.4, -0.2) is 49.6 Å². The summed E-state index contributed by atoms with van der Waals surface area (Å²) in [4.78, 5) is 33.7. The number of nitrogens with zero attached hydrogens (tertiary/aromatic N) is 5. The van der Waals surface area contributed by atoms with Crippen LogP contribution in [0.2, 0.25) is 10.0 Å². The third-order valence-electron chi connectivity index (χ3n) is 7.93. The molecular weight excluding hydrogens is 705 g/mol. The summed E-state index contributed by atoms with van der Waals surface area (Å²) >= 11 is 15.0. The summed E-state index contributed by atoms with van der Waals surface area (Å²) < 4.78 is 14.3. The van der Waals surface area contributed by atoms with Crippen LogP contribution < -0.4 is 14.4 Å². The number of rotatable bonds is 13. The maximum atomic E-state index is 14.0. The van der Waals surface area contributed by atoms with E-state index in [4.69, 9.17) is 32.7 Å². The van der Waals surface area contributed by atoms with Crippen LogP contribution in [0.4, 0.5) is 5.13 Å². The summed E-state index contributed by atoms with van der Waals surface area (Å²) in [5.41, 5.74) is 2.67. The summed E-state index contributed by atoms with van der Waals surface area (Å²) in [5, 5.41) is 21.8. The number of hydrogen-bond donors (Lipinski definition) is 1. The SMILES string of the molecule is CCCCCOc1ccc(C2/C(=C(\O)c3c(C)nc4ccccn34)C(=O)C(=O)N2c2nnc(SCc3ccc(Cl)cc3Cl)s2)cc1OCC. The van der Waals surface area contributed by atoms with E-state index in [1.807, 2.05) is 19.1 Å². The van der Waals surface area contributed by atoms with Crippen molar-refractivity contribution in [2.75, 3.05) is 18.1 Å². The van der Waals surface area contributed by atoms with E-state index in [1.165, 1.54) is 16.7 Å². The first kappa shape index (κ1) is 34.8. The number of aliphatic hydroxyl groups excluding tert-OH is 1. The molecule has 14 heteroatoms. The molecule has 1 saturated heterocycles. The number of benzene rings is 2. The standard InChI is InChI=1S/C35H33Cl2N5O5S2/c1-4-6-9-16-47-25-14-12-21(17-26(25)46-5-2)30-28(31(43)29-20(3)38-27-10-7-8-15-41(27)29)32(44)33(45)42(30)34-39-40-35(49-34)48-19-22-11-13-23(36)18-24(22)37/h7-8,10-15,17-18,30,43H,4-6,9,16,19H2,1-3H3/b31-28+. The number of ketones is 1. The molecule has 1 amide bonds. The van der Waals surface area contributed by atoms with Gasteiger partial charge in [-0.05, 0) is 67.8 Å². The van der Waals surface area contributed by atoms with E-state index < -0.39 is 17.7 Å². The third-order valence-corrected chi connectivity index (χ3v) is 10.6. The molecule has 0 saturated carbocycles. The molecule has 1 atom stereocenters. The normalized spacial score (nSPS) is 15.8. The fourth-order valence-corrected chi connectivity index (χ4v) is 8.05. The van der Waals surface area contributed by atoms with Gasteiger partial charge in [-0.25, -0.2) is 4.98 Å². The minimum atomic E-state index is -1.06. The molecular formula is C35H33Cl2N5O5S2. The summed E-state index contributed by atoms with van der Waals surface area (Å²) in [5.74, 6) is -0.561. The Labute approximate surface area is 301 Å². The first-order valence-electron chi connectivity index (χ1n) is 15.8. The van der Waals surface area contributed by atoms with Crippen LogP contribution in [0.1, 0.15) is 61.7 Å². The lowest BCUT2D eigenvalue weighted by molar-refractivity contribution is -0.132. The molecule has 6 rings (SSSR count). The fraction of sp³-hybridized carbons (Fsp3) is 0.286. The number of imidazole rings is 1. The lowest BCUT2D eigenvalue weighted by atomic mass is 9.96. The Morgan fingerprint density at radius 3 is 2.63 bits per heavy atom. The van der Waals surface area contributed by atoms with Gasteiger partial charge in [-0.2, -0.15) is 0 Å². The fourth-order valence-electron chi connectivity index (χ4n) is 5.62. The predicted molar refractivity (Wildman–Crippen MR) is 193 cm³/mol. The van der Waals surface area contributed by atoms with Gasteiger partial charge in [0.2, 0.25) is 5.13 Å². The number of unbranched alkanes of at least 4 members (excludes halogenated alkanes) is 2. The smallest absolute Gasteiger partial charge is 0.301 e. The monoisotopic (exact) mass is 737 g/mol. The maximum Gasteiger partial charge on any atom is 0.301 e. The highest BCUT2D eigenvalue weighted by molar-refractivity contribution is 8.00. The van der Waals surface area contributed by atoms with E-state index in [-0.39, 0.29) is 16.5 Å². The lowest BCUT2D eigenvalue weighted by Gasteiger charge is -2.23. The van der Waals surface area contributed by atoms with Crippen molar-refractivity contribution in [2.24, 2.45) is 0 Å². The minimum absolute atomic E-state index is 0.102. The van der Waals surface area contributed by atoms with Gasteiger partial charge < -0.3 is 14.6 Å². The van der Waals surface area contributed by atoms with Gasteiger partial charge >= 0.3 is 5.91 Å². The number of carbonyl (C=O) groups excluding carboxylic acids is 2. The number of anilines is 1. The van der Waals surface area contributed by atoms with Crippen LogP contribution in [0.25, 0.3) is 11.4 Å². The average Bonchev–Trinajstić information content (AvgIpc) is 3.76. The zero-order valence-electron chi connectivity index (χ0n) is 27.0. The van der Waals surface area contributed by atoms with Crippen molar-refractivity contribution < 1.29 is 24.2 Å². The Kier molecular flexibility index (Phi) is 10.8. The van der Waals surface area contributed by atoms with Gasteiger partial charge in [0.1, 0.15) is 11.3 Å². The van der Waals surface area contributed by atoms with E-state index in [0.29, 0.717) is 67.4 Å². The number of carbonyl (C=O) groups is 2. The molecule has 0 radical (unpaired) electrons. The molecule has 5 aromatic rings. The Morgan fingerprint density at radius 1 is 1.02 bits per heavy atom. The number of pyridine rings is 1. The number of thioether (sulfide) groups is 1. The van der Waals surface area contributed by atoms with Crippen molar-refractivity contribution in [3.8, 4) is 11.5 Å². The number of fused-ring (bicyclic) bond motifs is 1. The Hall–Kier alpha value is -4.10. The van der Waals surface area contributed by atoms with E-state index >= 15 is 0 Å². The number of ether oxygens (including phenoxy) is 2. The zero-order valence-corrected chi connectivity index (χ0v) is 30.1. The lowest BCUT2D eigenvalue weighted by Crippen LogP contribution is -2.29. The van der Waals surface area contributed by atoms with Crippen molar-refractivity contribution in [2.45, 2.75) is 56.2 Å². The van der Waals surface area contributed by atoms with E-state index in [2.05, 4.69) is 22.1 Å². The summed E-state index contributed by atoms with van der Waals surface area (Å²) in [7, 11) is 0. The number of aryl methyl sites for hydroxylation is 1. The highest BCUT2D eigenvalue weighted by Gasteiger charge is 2.49. The van der Waals surface area contributed by atoms with Crippen molar-refractivity contribution >= 4 is 74.5 Å². The van der Waals surface area contributed by atoms with E-state index in [9.17, 15) is 14.7 Å². The second kappa shape index (κ2) is 15.2. The molecule has 0 bridgehead atoms. The van der Waals surface area contributed by atoms with Crippen LogP contribution in [0.3, 0.4) is 0 Å². The van der Waals surface area contributed by atoms with E-state index in [1.54, 1.807) is 60.0 Å². The Morgan fingerprint density at radius 2 is 1.86 bits per heavy atom. The molecule has 254 valence electrons. The predicted octanol–water partition coefficient (Wildman–Crippen LogP) is 8.69. The zero-order chi connectivity index (χ0) is 34.7. The first-order chi connectivity index (χ1) is 23.7. The van der Waals surface area contributed by atoms with Crippen LogP contribution in [-0.2, 0) is 15.3 Å². The van der Waals surface area contributed by atoms with Crippen LogP contribution in [0, 0.1) is 6.92 Å². The number of hydrogen-bond acceptors (Lipinski definition) is 10. The number of Topliss-reactive ketones (excluding diaryl/α,β-unsaturated/α-hetero) is 1. The van der Waals surface area contributed by atoms with Gasteiger partial charge in [0.05, 0.1) is 30.5 Å². The average molecular weight is 739 g/mol. The first-order valence-corrected chi connectivity index (χ1v) is 18.3. The van der Waals surface area contributed by atoms with Crippen LogP contribution in [0.5, 0.6) is 11.5 Å². The van der Waals surface area contributed by atoms with E-state index in [0.717, 1.165) is 36.2 Å². The van der Waals surface area contributed by atoms with Gasteiger partial charge in [-0.3, -0.25) is 18.9 Å². The topological polar surface area (TPSA) is 119 Å². The van der Waals surface area contributed by atoms with Gasteiger partial charge in [0, 0.05) is 22.0 Å². The summed E-state index contributed by atoms with van der Waals surface area (Å²) in [6.07, 6.45) is 4.73. The minimum Gasteiger partial charge on any atom is -0.505 e. The van der Waals surface area contributed by atoms with Gasteiger partial charge in [-0.15, -0.1) is 10.2 Å². The van der Waals surface area contributed by atoms with Crippen LogP contribution >= 0.6 is 46.3 Å². The van der Waals surface area contributed by atoms with Crippen molar-refractivity contribution in [1.82, 2.24) is 19.6 Å². The molecule has 1 unspecified atom stereocenters. The number of aliphatic hydroxyl groups is 1. The molecule has 2 aromatic carbocycles. The molecule has 49 heavy (non-hydrogen) atoms. The Bertz CT molecular complexity index is 2060. The molecule has 0 spiro atoms. The number of halogens is 2. The molecule has 0 aliphatic carbocycles. The van der Waals surface area contributed by atoms with Crippen molar-refractivity contribution in [1.29, 1.82) is 0 Å². The van der Waals surface area contributed by atoms with Crippen LogP contribution in [0.15, 0.2) is 70.7 Å².